The Hall–Kier alpha value is -4.60. The van der Waals surface area contributed by atoms with Crippen molar-refractivity contribution in [3.05, 3.63) is 66.0 Å². The fraction of sp³-hybridized carbons (Fsp3) is 0.259. The van der Waals surface area contributed by atoms with E-state index in [1.54, 1.807) is 30.5 Å². The molecule has 1 aliphatic carbocycles. The minimum atomic E-state index is -1.32. The summed E-state index contributed by atoms with van der Waals surface area (Å²) in [7, 11) is 0. The van der Waals surface area contributed by atoms with Crippen LogP contribution in [0.2, 0.25) is 0 Å². The van der Waals surface area contributed by atoms with Crippen molar-refractivity contribution in [2.45, 2.75) is 44.2 Å². The van der Waals surface area contributed by atoms with Crippen LogP contribution in [0.5, 0.6) is 5.75 Å². The van der Waals surface area contributed by atoms with Crippen LogP contribution in [-0.4, -0.2) is 41.8 Å². The van der Waals surface area contributed by atoms with Gasteiger partial charge in [-0.15, -0.1) is 0 Å². The molecule has 1 saturated carbocycles. The van der Waals surface area contributed by atoms with Crippen LogP contribution in [0.4, 0.5) is 0 Å². The fourth-order valence-corrected chi connectivity index (χ4v) is 5.31. The number of aromatic hydroxyl groups is 1. The van der Waals surface area contributed by atoms with Crippen molar-refractivity contribution in [1.29, 1.82) is 0 Å². The summed E-state index contributed by atoms with van der Waals surface area (Å²) in [5, 5.41) is 26.8. The standard InChI is InChI=1S/C27H25N5O5/c33-17-7-8-20-18(13-17)19(14-28-20)24(27(35)36)31-26(34)15-6-9-22-21(12-15)30-25(23-10-11-29-37-23)32(22)16-4-2-1-3-5-16/h6-14,16,24,28,33H,1-5H2,(H,31,34)(H,35,36)/t24-/m0/s1. The van der Waals surface area contributed by atoms with Gasteiger partial charge in [-0.2, -0.15) is 0 Å². The molecule has 5 aromatic rings. The largest absolute Gasteiger partial charge is 0.508 e. The van der Waals surface area contributed by atoms with Crippen LogP contribution in [0.25, 0.3) is 33.5 Å². The molecule has 0 spiro atoms. The molecule has 0 bridgehead atoms. The van der Waals surface area contributed by atoms with E-state index in [2.05, 4.69) is 20.0 Å². The molecule has 0 aliphatic heterocycles. The number of carbonyl (C=O) groups is 2. The number of aromatic nitrogens is 4. The van der Waals surface area contributed by atoms with Gasteiger partial charge in [-0.1, -0.05) is 24.4 Å². The van der Waals surface area contributed by atoms with Gasteiger partial charge < -0.3 is 29.6 Å². The second-order valence-electron chi connectivity index (χ2n) is 9.40. The predicted octanol–water partition coefficient (Wildman–Crippen LogP) is 4.94. The number of amides is 1. The summed E-state index contributed by atoms with van der Waals surface area (Å²) in [5.41, 5.74) is 2.80. The number of carbonyl (C=O) groups excluding carboxylic acids is 1. The number of rotatable bonds is 6. The molecular weight excluding hydrogens is 474 g/mol. The molecule has 1 aliphatic rings. The summed E-state index contributed by atoms with van der Waals surface area (Å²) in [5.74, 6) is -0.532. The zero-order chi connectivity index (χ0) is 25.5. The number of hydrogen-bond acceptors (Lipinski definition) is 6. The lowest BCUT2D eigenvalue weighted by atomic mass is 9.95. The lowest BCUT2D eigenvalue weighted by molar-refractivity contribution is -0.139. The maximum Gasteiger partial charge on any atom is 0.331 e. The molecule has 37 heavy (non-hydrogen) atoms. The van der Waals surface area contributed by atoms with Crippen molar-refractivity contribution in [3.63, 3.8) is 0 Å². The summed E-state index contributed by atoms with van der Waals surface area (Å²) in [6.07, 6.45) is 8.68. The van der Waals surface area contributed by atoms with Gasteiger partial charge in [0.2, 0.25) is 5.76 Å². The highest BCUT2D eigenvalue weighted by molar-refractivity contribution is 6.01. The number of nitrogens with zero attached hydrogens (tertiary/aromatic N) is 3. The zero-order valence-electron chi connectivity index (χ0n) is 19.8. The highest BCUT2D eigenvalue weighted by Gasteiger charge is 2.27. The van der Waals surface area contributed by atoms with Gasteiger partial charge in [0.15, 0.2) is 11.9 Å². The first-order chi connectivity index (χ1) is 18.0. The lowest BCUT2D eigenvalue weighted by Crippen LogP contribution is -2.33. The van der Waals surface area contributed by atoms with Gasteiger partial charge >= 0.3 is 5.97 Å². The molecule has 0 radical (unpaired) electrons. The summed E-state index contributed by atoms with van der Waals surface area (Å²) in [6.45, 7) is 0. The number of benzene rings is 2. The minimum Gasteiger partial charge on any atom is -0.508 e. The molecule has 3 heterocycles. The summed E-state index contributed by atoms with van der Waals surface area (Å²) >= 11 is 0. The Bertz CT molecular complexity index is 1610. The Morgan fingerprint density at radius 1 is 1.11 bits per heavy atom. The number of nitrogens with one attached hydrogen (secondary N) is 2. The van der Waals surface area contributed by atoms with E-state index in [9.17, 15) is 19.8 Å². The Morgan fingerprint density at radius 2 is 1.95 bits per heavy atom. The summed E-state index contributed by atoms with van der Waals surface area (Å²) < 4.78 is 7.60. The van der Waals surface area contributed by atoms with Crippen molar-refractivity contribution in [2.75, 3.05) is 0 Å². The number of carboxylic acids is 1. The number of carboxylic acid groups (broad SMARTS) is 1. The Labute approximate surface area is 210 Å². The van der Waals surface area contributed by atoms with Gasteiger partial charge in [0.25, 0.3) is 5.91 Å². The van der Waals surface area contributed by atoms with E-state index in [0.29, 0.717) is 39.1 Å². The predicted molar refractivity (Wildman–Crippen MR) is 135 cm³/mol. The first-order valence-corrected chi connectivity index (χ1v) is 12.3. The second kappa shape index (κ2) is 9.12. The highest BCUT2D eigenvalue weighted by Crippen LogP contribution is 2.36. The van der Waals surface area contributed by atoms with Gasteiger partial charge in [0.1, 0.15) is 5.75 Å². The van der Waals surface area contributed by atoms with Gasteiger partial charge in [0.05, 0.1) is 17.2 Å². The topological polar surface area (TPSA) is 146 Å². The van der Waals surface area contributed by atoms with Gasteiger partial charge in [0, 0.05) is 40.3 Å². The molecule has 1 amide bonds. The molecule has 0 unspecified atom stereocenters. The smallest absolute Gasteiger partial charge is 0.331 e. The number of phenolic OH excluding ortho intramolecular Hbond substituents is 1. The SMILES string of the molecule is O=C(N[C@H](C(=O)O)c1c[nH]c2ccc(O)cc12)c1ccc2c(c1)nc(-c1ccno1)n2C1CCCCC1. The normalized spacial score (nSPS) is 15.2. The quantitative estimate of drug-likeness (QED) is 0.259. The van der Waals surface area contributed by atoms with E-state index in [1.165, 1.54) is 24.8 Å². The van der Waals surface area contributed by atoms with Crippen LogP contribution in [0.15, 0.2) is 59.4 Å². The van der Waals surface area contributed by atoms with Crippen LogP contribution in [0.1, 0.15) is 60.1 Å². The van der Waals surface area contributed by atoms with Gasteiger partial charge in [-0.05, 0) is 49.2 Å². The number of aromatic amines is 1. The summed E-state index contributed by atoms with van der Waals surface area (Å²) in [4.78, 5) is 33.1. The molecule has 2 aromatic carbocycles. The monoisotopic (exact) mass is 499 g/mol. The van der Waals surface area contributed by atoms with Crippen molar-refractivity contribution < 1.29 is 24.3 Å². The average molecular weight is 500 g/mol. The van der Waals surface area contributed by atoms with Crippen molar-refractivity contribution >= 4 is 33.8 Å². The first-order valence-electron chi connectivity index (χ1n) is 12.3. The fourth-order valence-electron chi connectivity index (χ4n) is 5.31. The van der Waals surface area contributed by atoms with E-state index in [4.69, 9.17) is 9.51 Å². The van der Waals surface area contributed by atoms with Crippen LogP contribution in [-0.2, 0) is 4.79 Å². The third-order valence-corrected chi connectivity index (χ3v) is 7.08. The van der Waals surface area contributed by atoms with Crippen LogP contribution in [0.3, 0.4) is 0 Å². The first kappa shape index (κ1) is 22.8. The van der Waals surface area contributed by atoms with Crippen LogP contribution < -0.4 is 5.32 Å². The number of H-pyrrole nitrogens is 1. The average Bonchev–Trinajstić information content (AvgIpc) is 3.65. The van der Waals surface area contributed by atoms with Crippen molar-refractivity contribution in [2.24, 2.45) is 0 Å². The van der Waals surface area contributed by atoms with E-state index in [0.717, 1.165) is 31.2 Å². The molecular formula is C27H25N5O5. The number of imidazole rings is 1. The molecule has 6 rings (SSSR count). The molecule has 10 heteroatoms. The van der Waals surface area contributed by atoms with E-state index >= 15 is 0 Å². The molecule has 4 N–H and O–H groups in total. The minimum absolute atomic E-state index is 0.00498. The molecule has 1 fully saturated rings. The van der Waals surface area contributed by atoms with Crippen molar-refractivity contribution in [1.82, 2.24) is 25.0 Å². The maximum atomic E-state index is 13.2. The Kier molecular flexibility index (Phi) is 5.63. The third-order valence-electron chi connectivity index (χ3n) is 7.08. The number of aliphatic carboxylic acids is 1. The third kappa shape index (κ3) is 4.10. The van der Waals surface area contributed by atoms with E-state index in [-0.39, 0.29) is 11.8 Å². The Balaban J connectivity index is 1.36. The maximum absolute atomic E-state index is 13.2. The summed E-state index contributed by atoms with van der Waals surface area (Å²) in [6, 6.07) is 10.6. The number of hydrogen-bond donors (Lipinski definition) is 4. The molecule has 10 nitrogen and oxygen atoms in total. The lowest BCUT2D eigenvalue weighted by Gasteiger charge is -2.25. The highest BCUT2D eigenvalue weighted by atomic mass is 16.5. The van der Waals surface area contributed by atoms with Gasteiger partial charge in [-0.25, -0.2) is 9.78 Å². The van der Waals surface area contributed by atoms with E-state index in [1.807, 2.05) is 6.07 Å². The van der Waals surface area contributed by atoms with Crippen LogP contribution in [0, 0.1) is 0 Å². The van der Waals surface area contributed by atoms with Gasteiger partial charge in [-0.3, -0.25) is 4.79 Å². The number of phenols is 1. The zero-order valence-corrected chi connectivity index (χ0v) is 19.8. The van der Waals surface area contributed by atoms with Crippen molar-refractivity contribution in [3.8, 4) is 17.3 Å². The van der Waals surface area contributed by atoms with E-state index < -0.39 is 17.9 Å². The Morgan fingerprint density at radius 3 is 2.70 bits per heavy atom. The second-order valence-corrected chi connectivity index (χ2v) is 9.40. The molecule has 188 valence electrons. The molecule has 3 aromatic heterocycles. The molecule has 0 saturated heterocycles. The molecule has 1 atom stereocenters. The van der Waals surface area contributed by atoms with Crippen LogP contribution >= 0.6 is 0 Å². The number of fused-ring (bicyclic) bond motifs is 2.